The van der Waals surface area contributed by atoms with Gasteiger partial charge in [-0.25, -0.2) is 0 Å². The minimum atomic E-state index is 0.671. The summed E-state index contributed by atoms with van der Waals surface area (Å²) in [5, 5.41) is 3.39. The van der Waals surface area contributed by atoms with Gasteiger partial charge in [0.1, 0.15) is 0 Å². The van der Waals surface area contributed by atoms with E-state index in [1.165, 1.54) is 11.1 Å². The van der Waals surface area contributed by atoms with Crippen LogP contribution in [0.5, 0.6) is 0 Å². The van der Waals surface area contributed by atoms with Crippen molar-refractivity contribution in [3.05, 3.63) is 35.4 Å². The number of hydrogen-bond acceptors (Lipinski definition) is 3. The highest BCUT2D eigenvalue weighted by Crippen LogP contribution is 2.14. The van der Waals surface area contributed by atoms with Crippen LogP contribution in [0, 0.1) is 5.92 Å². The number of ether oxygens (including phenoxy) is 2. The van der Waals surface area contributed by atoms with E-state index in [0.717, 1.165) is 77.7 Å². The number of guanidine groups is 1. The molecule has 5 nitrogen and oxygen atoms in total. The molecule has 0 bridgehead atoms. The lowest BCUT2D eigenvalue weighted by atomic mass is 10.0. The fourth-order valence-corrected chi connectivity index (χ4v) is 3.21. The largest absolute Gasteiger partial charge is 0.381 e. The Kier molecular flexibility index (Phi) is 10.2. The number of benzene rings is 1. The zero-order valence-electron chi connectivity index (χ0n) is 17.4. The first kappa shape index (κ1) is 21.7. The number of nitrogens with one attached hydrogen (secondary N) is 1. The molecule has 1 aliphatic rings. The van der Waals surface area contributed by atoms with Crippen molar-refractivity contribution in [1.82, 2.24) is 10.2 Å². The Bertz CT molecular complexity index is 539. The molecule has 152 valence electrons. The van der Waals surface area contributed by atoms with Crippen molar-refractivity contribution in [2.45, 2.75) is 46.1 Å². The number of hydrogen-bond donors (Lipinski definition) is 1. The SMILES string of the molecule is CCNC(=NCCCOCC1CCOCC1)N(C)Cc1ccc(CC)cc1. The van der Waals surface area contributed by atoms with Crippen LogP contribution in [-0.4, -0.2) is 57.4 Å². The standard InChI is InChI=1S/C22H37N3O2/c1-4-19-7-9-20(10-8-19)17-25(3)22(23-5-2)24-13-6-14-27-18-21-11-15-26-16-12-21/h7-10,21H,4-6,11-18H2,1-3H3,(H,23,24). The summed E-state index contributed by atoms with van der Waals surface area (Å²) >= 11 is 0. The first-order valence-electron chi connectivity index (χ1n) is 10.5. The zero-order chi connectivity index (χ0) is 19.3. The summed E-state index contributed by atoms with van der Waals surface area (Å²) in [6.07, 6.45) is 4.30. The van der Waals surface area contributed by atoms with Crippen molar-refractivity contribution < 1.29 is 9.47 Å². The average Bonchev–Trinajstić information content (AvgIpc) is 2.71. The summed E-state index contributed by atoms with van der Waals surface area (Å²) in [5.41, 5.74) is 2.68. The highest BCUT2D eigenvalue weighted by Gasteiger charge is 2.13. The Morgan fingerprint density at radius 2 is 1.89 bits per heavy atom. The molecule has 1 N–H and O–H groups in total. The molecule has 1 fully saturated rings. The van der Waals surface area contributed by atoms with Crippen LogP contribution in [0.2, 0.25) is 0 Å². The van der Waals surface area contributed by atoms with Crippen molar-refractivity contribution in [3.8, 4) is 0 Å². The van der Waals surface area contributed by atoms with E-state index in [1.54, 1.807) is 0 Å². The Balaban J connectivity index is 1.71. The second-order valence-electron chi connectivity index (χ2n) is 7.25. The van der Waals surface area contributed by atoms with E-state index in [2.05, 4.69) is 55.4 Å². The minimum Gasteiger partial charge on any atom is -0.381 e. The van der Waals surface area contributed by atoms with Crippen LogP contribution in [0.3, 0.4) is 0 Å². The van der Waals surface area contributed by atoms with E-state index in [1.807, 2.05) is 0 Å². The predicted molar refractivity (Wildman–Crippen MR) is 112 cm³/mol. The van der Waals surface area contributed by atoms with Gasteiger partial charge in [0.05, 0.1) is 0 Å². The van der Waals surface area contributed by atoms with Crippen LogP contribution in [0.1, 0.15) is 44.2 Å². The second kappa shape index (κ2) is 12.7. The van der Waals surface area contributed by atoms with Gasteiger partial charge in [-0.1, -0.05) is 31.2 Å². The van der Waals surface area contributed by atoms with Gasteiger partial charge in [0.15, 0.2) is 5.96 Å². The third kappa shape index (κ3) is 8.31. The summed E-state index contributed by atoms with van der Waals surface area (Å²) in [6.45, 7) is 10.2. The van der Waals surface area contributed by atoms with Gasteiger partial charge in [-0.05, 0) is 49.7 Å². The lowest BCUT2D eigenvalue weighted by Gasteiger charge is -2.22. The number of rotatable bonds is 10. The van der Waals surface area contributed by atoms with Gasteiger partial charge in [0, 0.05) is 53.1 Å². The van der Waals surface area contributed by atoms with E-state index >= 15 is 0 Å². The maximum atomic E-state index is 5.83. The number of aryl methyl sites for hydroxylation is 1. The van der Waals surface area contributed by atoms with Crippen LogP contribution in [-0.2, 0) is 22.4 Å². The molecule has 1 aromatic rings. The molecule has 1 aromatic carbocycles. The normalized spacial score (nSPS) is 15.7. The maximum Gasteiger partial charge on any atom is 0.193 e. The minimum absolute atomic E-state index is 0.671. The smallest absolute Gasteiger partial charge is 0.193 e. The van der Waals surface area contributed by atoms with Gasteiger partial charge >= 0.3 is 0 Å². The van der Waals surface area contributed by atoms with Crippen molar-refractivity contribution in [2.24, 2.45) is 10.9 Å². The highest BCUT2D eigenvalue weighted by molar-refractivity contribution is 5.79. The van der Waals surface area contributed by atoms with E-state index in [0.29, 0.717) is 5.92 Å². The van der Waals surface area contributed by atoms with Crippen molar-refractivity contribution >= 4 is 5.96 Å². The summed E-state index contributed by atoms with van der Waals surface area (Å²) in [5.74, 6) is 1.63. The van der Waals surface area contributed by atoms with Gasteiger partial charge in [-0.2, -0.15) is 0 Å². The Labute approximate surface area is 165 Å². The van der Waals surface area contributed by atoms with Crippen molar-refractivity contribution in [3.63, 3.8) is 0 Å². The Morgan fingerprint density at radius 3 is 2.56 bits per heavy atom. The average molecular weight is 376 g/mol. The Hall–Kier alpha value is -1.59. The lowest BCUT2D eigenvalue weighted by Crippen LogP contribution is -2.38. The van der Waals surface area contributed by atoms with Gasteiger partial charge in [-0.15, -0.1) is 0 Å². The molecule has 27 heavy (non-hydrogen) atoms. The molecular formula is C22H37N3O2. The van der Waals surface area contributed by atoms with E-state index in [4.69, 9.17) is 14.5 Å². The van der Waals surface area contributed by atoms with E-state index in [9.17, 15) is 0 Å². The quantitative estimate of drug-likeness (QED) is 0.386. The predicted octanol–water partition coefficient (Wildman–Crippen LogP) is 3.48. The molecule has 0 unspecified atom stereocenters. The number of aliphatic imine (C=N–C) groups is 1. The summed E-state index contributed by atoms with van der Waals surface area (Å²) in [4.78, 5) is 6.95. The molecule has 2 rings (SSSR count). The second-order valence-corrected chi connectivity index (χ2v) is 7.25. The zero-order valence-corrected chi connectivity index (χ0v) is 17.4. The number of nitrogens with zero attached hydrogens (tertiary/aromatic N) is 2. The van der Waals surface area contributed by atoms with E-state index in [-0.39, 0.29) is 0 Å². The molecule has 5 heteroatoms. The van der Waals surface area contributed by atoms with Crippen LogP contribution < -0.4 is 5.32 Å². The van der Waals surface area contributed by atoms with Crippen LogP contribution in [0.25, 0.3) is 0 Å². The summed E-state index contributed by atoms with van der Waals surface area (Å²) in [6, 6.07) is 8.85. The molecular weight excluding hydrogens is 338 g/mol. The fraction of sp³-hybridized carbons (Fsp3) is 0.682. The van der Waals surface area contributed by atoms with Gasteiger partial charge in [0.2, 0.25) is 0 Å². The van der Waals surface area contributed by atoms with Crippen LogP contribution >= 0.6 is 0 Å². The lowest BCUT2D eigenvalue weighted by molar-refractivity contribution is 0.0205. The summed E-state index contributed by atoms with van der Waals surface area (Å²) < 4.78 is 11.2. The van der Waals surface area contributed by atoms with E-state index < -0.39 is 0 Å². The third-order valence-corrected chi connectivity index (χ3v) is 4.95. The molecule has 0 aliphatic carbocycles. The fourth-order valence-electron chi connectivity index (χ4n) is 3.21. The highest BCUT2D eigenvalue weighted by atomic mass is 16.5. The first-order valence-corrected chi connectivity index (χ1v) is 10.5. The Morgan fingerprint density at radius 1 is 1.19 bits per heavy atom. The van der Waals surface area contributed by atoms with Crippen molar-refractivity contribution in [2.75, 3.05) is 46.6 Å². The molecule has 0 atom stereocenters. The molecule has 0 aromatic heterocycles. The van der Waals surface area contributed by atoms with Gasteiger partial charge < -0.3 is 19.7 Å². The van der Waals surface area contributed by atoms with Crippen LogP contribution in [0.15, 0.2) is 29.3 Å². The molecule has 0 amide bonds. The molecule has 0 radical (unpaired) electrons. The van der Waals surface area contributed by atoms with Gasteiger partial charge in [0.25, 0.3) is 0 Å². The molecule has 0 spiro atoms. The maximum absolute atomic E-state index is 5.83. The van der Waals surface area contributed by atoms with Crippen molar-refractivity contribution in [1.29, 1.82) is 0 Å². The molecule has 1 saturated heterocycles. The summed E-state index contributed by atoms with van der Waals surface area (Å²) in [7, 11) is 2.09. The molecule has 1 heterocycles. The topological polar surface area (TPSA) is 46.1 Å². The van der Waals surface area contributed by atoms with Crippen LogP contribution in [0.4, 0.5) is 0 Å². The first-order chi connectivity index (χ1) is 13.2. The third-order valence-electron chi connectivity index (χ3n) is 4.95. The molecule has 1 aliphatic heterocycles. The monoisotopic (exact) mass is 375 g/mol. The van der Waals surface area contributed by atoms with Gasteiger partial charge in [-0.3, -0.25) is 4.99 Å². The molecule has 0 saturated carbocycles.